The zero-order valence-corrected chi connectivity index (χ0v) is 19.9. The van der Waals surface area contributed by atoms with Crippen molar-refractivity contribution in [3.8, 4) is 11.3 Å². The van der Waals surface area contributed by atoms with Gasteiger partial charge in [-0.05, 0) is 49.4 Å². The molecular formula is C28H27N8+. The molecule has 0 aliphatic carbocycles. The minimum absolute atomic E-state index is 0.0157. The zero-order valence-electron chi connectivity index (χ0n) is 19.9. The number of amidine groups is 1. The molecule has 0 unspecified atom stereocenters. The standard InChI is InChI=1S/C28H26N8/c1-2-36-24-16-19(29)11-12-21(24)22-13-14-23(30)26(25(22)27(36)17-7-4-3-5-8-17)34-35-33-20-10-6-9-18(15-20)28(31)32/h3-16H,2H2,1H3,(H7,29,30,31,32,33,34,35)/p+1. The lowest BCUT2D eigenvalue weighted by molar-refractivity contribution is -0.655. The average molecular weight is 476 g/mol. The van der Waals surface area contributed by atoms with Crippen LogP contribution in [0, 0.1) is 5.41 Å². The number of nitrogen functional groups attached to an aromatic ring is 3. The summed E-state index contributed by atoms with van der Waals surface area (Å²) >= 11 is 0. The molecule has 8 heteroatoms. The molecule has 1 aromatic heterocycles. The van der Waals surface area contributed by atoms with Crippen LogP contribution >= 0.6 is 0 Å². The monoisotopic (exact) mass is 475 g/mol. The fourth-order valence-corrected chi connectivity index (χ4v) is 4.55. The Balaban J connectivity index is 1.76. The van der Waals surface area contributed by atoms with Gasteiger partial charge in [-0.1, -0.05) is 41.6 Å². The fourth-order valence-electron chi connectivity index (χ4n) is 4.55. The van der Waals surface area contributed by atoms with Crippen LogP contribution in [0.15, 0.2) is 95.3 Å². The molecular weight excluding hydrogens is 448 g/mol. The molecule has 5 rings (SSSR count). The lowest BCUT2D eigenvalue weighted by atomic mass is 9.96. The van der Waals surface area contributed by atoms with Crippen molar-refractivity contribution in [1.82, 2.24) is 0 Å². The molecule has 0 atom stereocenters. The van der Waals surface area contributed by atoms with Gasteiger partial charge in [0.05, 0.1) is 22.1 Å². The van der Waals surface area contributed by atoms with E-state index in [4.69, 9.17) is 22.6 Å². The molecule has 8 nitrogen and oxygen atoms in total. The van der Waals surface area contributed by atoms with E-state index >= 15 is 0 Å². The highest BCUT2D eigenvalue weighted by atomic mass is 15.4. The van der Waals surface area contributed by atoms with Crippen molar-refractivity contribution < 1.29 is 4.57 Å². The number of anilines is 3. The summed E-state index contributed by atoms with van der Waals surface area (Å²) in [5.74, 6) is -0.0157. The number of hydrogen-bond acceptors (Lipinski definition) is 5. The number of aromatic nitrogens is 1. The van der Waals surface area contributed by atoms with Gasteiger partial charge in [0.25, 0.3) is 0 Å². The first-order chi connectivity index (χ1) is 17.5. The molecule has 0 saturated heterocycles. The highest BCUT2D eigenvalue weighted by Gasteiger charge is 2.25. The highest BCUT2D eigenvalue weighted by molar-refractivity contribution is 6.15. The number of fused-ring (bicyclic) bond motifs is 3. The molecule has 178 valence electrons. The van der Waals surface area contributed by atoms with Gasteiger partial charge in [0.15, 0.2) is 0 Å². The number of benzene rings is 4. The molecule has 0 spiro atoms. The smallest absolute Gasteiger partial charge is 0.223 e. The van der Waals surface area contributed by atoms with E-state index in [0.717, 1.165) is 39.5 Å². The number of rotatable bonds is 6. The number of aryl methyl sites for hydroxylation is 1. The number of nitrogens with one attached hydrogen (secondary N) is 2. The molecule has 0 saturated carbocycles. The second-order valence-corrected chi connectivity index (χ2v) is 8.47. The molecule has 5 aromatic rings. The van der Waals surface area contributed by atoms with E-state index in [1.165, 1.54) is 0 Å². The second-order valence-electron chi connectivity index (χ2n) is 8.47. The van der Waals surface area contributed by atoms with Crippen molar-refractivity contribution in [2.45, 2.75) is 13.5 Å². The normalized spacial score (nSPS) is 11.4. The molecule has 0 amide bonds. The van der Waals surface area contributed by atoms with E-state index in [1.54, 1.807) is 18.2 Å². The number of pyridine rings is 1. The van der Waals surface area contributed by atoms with Crippen LogP contribution in [0.25, 0.3) is 32.9 Å². The lowest BCUT2D eigenvalue weighted by Gasteiger charge is -2.14. The third kappa shape index (κ3) is 4.05. The number of nitrogens with two attached hydrogens (primary N) is 3. The van der Waals surface area contributed by atoms with Gasteiger partial charge in [0.1, 0.15) is 18.1 Å². The molecule has 0 bridgehead atoms. The first-order valence-electron chi connectivity index (χ1n) is 11.6. The Hall–Kier alpha value is -4.98. The summed E-state index contributed by atoms with van der Waals surface area (Å²) in [6.07, 6.45) is 0. The Kier molecular flexibility index (Phi) is 5.92. The van der Waals surface area contributed by atoms with Crippen molar-refractivity contribution in [2.75, 3.05) is 16.9 Å². The van der Waals surface area contributed by atoms with E-state index < -0.39 is 0 Å². The number of hydrogen-bond donors (Lipinski definition) is 5. The van der Waals surface area contributed by atoms with Crippen molar-refractivity contribution in [3.63, 3.8) is 0 Å². The Morgan fingerprint density at radius 3 is 2.44 bits per heavy atom. The van der Waals surface area contributed by atoms with Crippen LogP contribution < -0.4 is 27.2 Å². The third-order valence-corrected chi connectivity index (χ3v) is 6.18. The van der Waals surface area contributed by atoms with Crippen molar-refractivity contribution >= 4 is 50.3 Å². The first-order valence-corrected chi connectivity index (χ1v) is 11.6. The van der Waals surface area contributed by atoms with E-state index in [-0.39, 0.29) is 5.84 Å². The van der Waals surface area contributed by atoms with Crippen molar-refractivity contribution in [2.24, 2.45) is 16.1 Å². The van der Waals surface area contributed by atoms with Gasteiger partial charge in [0, 0.05) is 28.3 Å². The molecule has 0 radical (unpaired) electrons. The van der Waals surface area contributed by atoms with Crippen LogP contribution in [-0.2, 0) is 6.54 Å². The third-order valence-electron chi connectivity index (χ3n) is 6.18. The minimum Gasteiger partial charge on any atom is -0.399 e. The summed E-state index contributed by atoms with van der Waals surface area (Å²) < 4.78 is 2.24. The Morgan fingerprint density at radius 2 is 1.69 bits per heavy atom. The summed E-state index contributed by atoms with van der Waals surface area (Å²) in [6, 6.07) is 27.2. The molecule has 0 fully saturated rings. The summed E-state index contributed by atoms with van der Waals surface area (Å²) in [5.41, 5.74) is 27.3. The Morgan fingerprint density at radius 1 is 0.917 bits per heavy atom. The summed E-state index contributed by atoms with van der Waals surface area (Å²) in [6.45, 7) is 2.83. The quantitative estimate of drug-likeness (QED) is 0.0419. The predicted molar refractivity (Wildman–Crippen MR) is 147 cm³/mol. The maximum Gasteiger partial charge on any atom is 0.223 e. The highest BCUT2D eigenvalue weighted by Crippen LogP contribution is 2.41. The zero-order chi connectivity index (χ0) is 25.2. The van der Waals surface area contributed by atoms with Crippen molar-refractivity contribution in [3.05, 3.63) is 90.5 Å². The Bertz CT molecular complexity index is 1640. The predicted octanol–water partition coefficient (Wildman–Crippen LogP) is 5.53. The lowest BCUT2D eigenvalue weighted by Crippen LogP contribution is -2.36. The second kappa shape index (κ2) is 9.34. The van der Waals surface area contributed by atoms with Crippen LogP contribution in [0.4, 0.5) is 22.7 Å². The summed E-state index contributed by atoms with van der Waals surface area (Å²) in [4.78, 5) is 0. The van der Waals surface area contributed by atoms with Gasteiger partial charge in [-0.2, -0.15) is 4.57 Å². The Labute approximate surface area is 208 Å². The fraction of sp³-hybridized carbons (Fsp3) is 0.0714. The topological polar surface area (TPSA) is 143 Å². The maximum absolute atomic E-state index is 7.65. The molecule has 36 heavy (non-hydrogen) atoms. The van der Waals surface area contributed by atoms with E-state index in [0.29, 0.717) is 28.3 Å². The van der Waals surface area contributed by atoms with E-state index in [9.17, 15) is 0 Å². The molecule has 0 aliphatic rings. The van der Waals surface area contributed by atoms with Crippen LogP contribution in [0.2, 0.25) is 0 Å². The maximum atomic E-state index is 7.65. The van der Waals surface area contributed by atoms with Gasteiger partial charge in [-0.25, -0.2) is 0 Å². The van der Waals surface area contributed by atoms with Gasteiger partial charge < -0.3 is 17.2 Å². The van der Waals surface area contributed by atoms with Crippen LogP contribution in [0.1, 0.15) is 12.5 Å². The molecule has 0 aliphatic heterocycles. The van der Waals surface area contributed by atoms with Gasteiger partial charge >= 0.3 is 0 Å². The van der Waals surface area contributed by atoms with Gasteiger partial charge in [0.2, 0.25) is 11.2 Å². The van der Waals surface area contributed by atoms with E-state index in [1.807, 2.05) is 54.6 Å². The van der Waals surface area contributed by atoms with Gasteiger partial charge in [-0.15, -0.1) is 5.11 Å². The summed E-state index contributed by atoms with van der Waals surface area (Å²) in [7, 11) is 0. The largest absolute Gasteiger partial charge is 0.399 e. The first kappa shape index (κ1) is 22.8. The van der Waals surface area contributed by atoms with Crippen LogP contribution in [0.5, 0.6) is 0 Å². The van der Waals surface area contributed by atoms with Crippen LogP contribution in [-0.4, -0.2) is 5.84 Å². The van der Waals surface area contributed by atoms with Gasteiger partial charge in [-0.3, -0.25) is 10.8 Å². The molecule has 1 heterocycles. The number of nitrogens with zero attached hydrogens (tertiary/aromatic N) is 3. The molecule has 8 N–H and O–H groups in total. The van der Waals surface area contributed by atoms with E-state index in [2.05, 4.69) is 39.4 Å². The van der Waals surface area contributed by atoms with Crippen molar-refractivity contribution in [1.29, 1.82) is 5.41 Å². The summed E-state index contributed by atoms with van der Waals surface area (Å²) in [5, 5.41) is 19.4. The minimum atomic E-state index is -0.0157. The molecule has 4 aromatic carbocycles. The SMILES string of the molecule is CC[n+]1c(-c2ccccc2)c2c(N=NNc3cccc(C(=N)N)c3)c(N)ccc2c2ccc(N)cc21. The average Bonchev–Trinajstić information content (AvgIpc) is 2.89. The van der Waals surface area contributed by atoms with Crippen LogP contribution in [0.3, 0.4) is 0 Å².